The quantitative estimate of drug-likeness (QED) is 0.255. The van der Waals surface area contributed by atoms with E-state index in [-0.39, 0.29) is 0 Å². The first-order chi connectivity index (χ1) is 15.5. The van der Waals surface area contributed by atoms with Crippen LogP contribution < -0.4 is 10.6 Å². The Bertz CT molecular complexity index is 724. The molecule has 0 fully saturated rings. The van der Waals surface area contributed by atoms with Gasteiger partial charge in [0, 0.05) is 6.42 Å². The van der Waals surface area contributed by atoms with Crippen molar-refractivity contribution < 1.29 is 0 Å². The summed E-state index contributed by atoms with van der Waals surface area (Å²) in [5, 5.41) is 10.2. The van der Waals surface area contributed by atoms with Gasteiger partial charge in [-0.25, -0.2) is 0 Å². The second-order valence-corrected chi connectivity index (χ2v) is 9.84. The fraction of sp³-hybridized carbons (Fsp3) is 0.483. The molecule has 0 aliphatic rings. The Morgan fingerprint density at radius 2 is 0.848 bits per heavy atom. The minimum absolute atomic E-state index is 0.437. The van der Waals surface area contributed by atoms with Gasteiger partial charge in [-0.15, -0.1) is 0 Å². The molecule has 0 aliphatic heterocycles. The van der Waals surface area contributed by atoms with Crippen LogP contribution in [0.25, 0.3) is 0 Å². The average Bonchev–Trinajstić information content (AvgIpc) is 2.74. The molecule has 0 aromatic heterocycles. The van der Waals surface area contributed by atoms with Crippen LogP contribution in [0.5, 0.6) is 0 Å². The van der Waals surface area contributed by atoms with E-state index in [1.54, 1.807) is 0 Å². The predicted octanol–water partition coefficient (Wildman–Crippen LogP) is 8.97. The first-order valence-corrected chi connectivity index (χ1v) is 15.5. The Morgan fingerprint density at radius 1 is 0.606 bits per heavy atom. The van der Waals surface area contributed by atoms with Crippen molar-refractivity contribution in [2.45, 2.75) is 92.9 Å². The van der Waals surface area contributed by atoms with Gasteiger partial charge in [0.1, 0.15) is 0 Å². The molecule has 33 heavy (non-hydrogen) atoms. The zero-order valence-electron chi connectivity index (χ0n) is 22.1. The third-order valence-electron chi connectivity index (χ3n) is 5.68. The molecule has 0 atom stereocenters. The Morgan fingerprint density at radius 3 is 1.06 bits per heavy atom. The summed E-state index contributed by atoms with van der Waals surface area (Å²) in [6, 6.07) is 15.1. The zero-order valence-corrected chi connectivity index (χ0v) is 25.7. The van der Waals surface area contributed by atoms with E-state index in [1.807, 2.05) is 0 Å². The van der Waals surface area contributed by atoms with Gasteiger partial charge in [0.05, 0.1) is 23.5 Å². The normalized spacial score (nSPS) is 11.5. The van der Waals surface area contributed by atoms with E-state index in [2.05, 4.69) is 112 Å². The molecule has 0 bridgehead atoms. The molecular weight excluding hydrogens is 530 g/mol. The fourth-order valence-corrected chi connectivity index (χ4v) is 4.00. The Kier molecular flexibility index (Phi) is 13.3. The van der Waals surface area contributed by atoms with Crippen LogP contribution in [0.4, 0.5) is 11.4 Å². The second-order valence-electron chi connectivity index (χ2n) is 9.84. The zero-order chi connectivity index (χ0) is 25.3. The van der Waals surface area contributed by atoms with Crippen LogP contribution in [-0.4, -0.2) is 21.4 Å². The minimum atomic E-state index is 0.437. The van der Waals surface area contributed by atoms with Crippen LogP contribution in [-0.2, 0) is 0 Å². The summed E-state index contributed by atoms with van der Waals surface area (Å²) in [6.07, 6.45) is 2.11. The standard InChI is InChI=1S/C29H41N2.ClH.Sn/c1-18(2)24-13-11-14-25(19(3)4)28(24)30-22(9)17-23(10)31-29-26(20(5)6)15-12-16-27(29)21(7)8;;/h11-21H,1-10H3;1H;/q;;+2/p-1. The molecule has 0 spiro atoms. The average molecular weight is 572 g/mol. The first-order valence-electron chi connectivity index (χ1n) is 11.9. The number of hydrogen-bond acceptors (Lipinski definition) is 0. The van der Waals surface area contributed by atoms with E-state index >= 15 is 0 Å². The summed E-state index contributed by atoms with van der Waals surface area (Å²) in [7, 11) is 4.73. The summed E-state index contributed by atoms with van der Waals surface area (Å²) in [5.74, 6) is 1.75. The van der Waals surface area contributed by atoms with E-state index in [4.69, 9.17) is 19.6 Å². The van der Waals surface area contributed by atoms with Crippen molar-refractivity contribution in [3.8, 4) is 0 Å². The molecule has 2 rings (SSSR count). The van der Waals surface area contributed by atoms with Gasteiger partial charge < -0.3 is 0 Å². The SMILES string of the molecule is C[C]([CH][C](C)[N]c1c(C(C)C)cccc1C(C)C)[N]c1c(C(C)C)cccc1C(C)C.[Cl][Sn+]. The first kappa shape index (κ1) is 30.2. The van der Waals surface area contributed by atoms with E-state index in [0.717, 1.165) is 44.9 Å². The third kappa shape index (κ3) is 8.69. The molecule has 0 N–H and O–H groups in total. The van der Waals surface area contributed by atoms with Crippen molar-refractivity contribution in [3.05, 3.63) is 77.2 Å². The van der Waals surface area contributed by atoms with Gasteiger partial charge in [-0.1, -0.05) is 91.8 Å². The van der Waals surface area contributed by atoms with Crippen molar-refractivity contribution in [3.63, 3.8) is 0 Å². The molecular formula is C29H41ClN2Sn+. The van der Waals surface area contributed by atoms with Crippen LogP contribution in [0.15, 0.2) is 36.4 Å². The molecule has 0 amide bonds. The van der Waals surface area contributed by atoms with Gasteiger partial charge in [-0.05, 0) is 59.8 Å². The summed E-state index contributed by atoms with van der Waals surface area (Å²) < 4.78 is 0. The Balaban J connectivity index is 0.00000265. The summed E-state index contributed by atoms with van der Waals surface area (Å²) >= 11 is 1.02. The molecule has 0 aliphatic carbocycles. The topological polar surface area (TPSA) is 28.2 Å². The third-order valence-corrected chi connectivity index (χ3v) is 5.68. The van der Waals surface area contributed by atoms with Crippen LogP contribution in [0.2, 0.25) is 0 Å². The molecule has 2 nitrogen and oxygen atoms in total. The fourth-order valence-electron chi connectivity index (χ4n) is 4.00. The second kappa shape index (κ2) is 14.5. The van der Waals surface area contributed by atoms with Crippen molar-refractivity contribution in [1.29, 1.82) is 0 Å². The Labute approximate surface area is 221 Å². The summed E-state index contributed by atoms with van der Waals surface area (Å²) in [4.78, 5) is 0. The molecule has 4 heteroatoms. The maximum absolute atomic E-state index is 5.08. The van der Waals surface area contributed by atoms with Crippen molar-refractivity contribution in [2.24, 2.45) is 0 Å². The van der Waals surface area contributed by atoms with Crippen LogP contribution in [0, 0.1) is 18.5 Å². The van der Waals surface area contributed by atoms with E-state index in [0.29, 0.717) is 23.7 Å². The molecule has 0 saturated heterocycles. The van der Waals surface area contributed by atoms with Crippen molar-refractivity contribution >= 4 is 41.7 Å². The van der Waals surface area contributed by atoms with Crippen LogP contribution >= 0.6 is 8.92 Å². The monoisotopic (exact) mass is 572 g/mol. The van der Waals surface area contributed by atoms with E-state index in [9.17, 15) is 0 Å². The molecule has 2 aromatic rings. The molecule has 0 saturated carbocycles. The number of para-hydroxylation sites is 2. The van der Waals surface area contributed by atoms with Gasteiger partial charge in [-0.3, -0.25) is 10.6 Å². The number of rotatable bonds is 10. The molecule has 177 valence electrons. The summed E-state index contributed by atoms with van der Waals surface area (Å²) in [5.41, 5.74) is 7.47. The van der Waals surface area contributed by atoms with Gasteiger partial charge in [0.2, 0.25) is 0 Å². The molecule has 7 radical (unpaired) electrons. The Hall–Kier alpha value is -0.871. The van der Waals surface area contributed by atoms with Crippen LogP contribution in [0.1, 0.15) is 115 Å². The van der Waals surface area contributed by atoms with Gasteiger partial charge in [-0.2, -0.15) is 0 Å². The van der Waals surface area contributed by atoms with Crippen molar-refractivity contribution in [2.75, 3.05) is 0 Å². The number of benzene rings is 2. The predicted molar refractivity (Wildman–Crippen MR) is 147 cm³/mol. The van der Waals surface area contributed by atoms with Gasteiger partial charge in [0.25, 0.3) is 0 Å². The number of hydrogen-bond donors (Lipinski definition) is 0. The number of halogens is 1. The molecule has 0 heterocycles. The van der Waals surface area contributed by atoms with E-state index < -0.39 is 0 Å². The molecule has 0 unspecified atom stereocenters. The van der Waals surface area contributed by atoms with Gasteiger partial charge in [0.15, 0.2) is 0 Å². The van der Waals surface area contributed by atoms with Crippen molar-refractivity contribution in [1.82, 2.24) is 10.6 Å². The van der Waals surface area contributed by atoms with E-state index in [1.165, 1.54) is 22.3 Å². The maximum atomic E-state index is 5.08. The van der Waals surface area contributed by atoms with Crippen LogP contribution in [0.3, 0.4) is 0 Å². The number of nitrogens with zero attached hydrogens (tertiary/aromatic N) is 2. The van der Waals surface area contributed by atoms with Gasteiger partial charge >= 0.3 is 30.3 Å². The molecule has 2 aromatic carbocycles. The summed E-state index contributed by atoms with van der Waals surface area (Å²) in [6.45, 7) is 22.1.